The molecule has 35 heavy (non-hydrogen) atoms. The second-order valence-electron chi connectivity index (χ2n) is 9.99. The molecule has 0 bridgehead atoms. The highest BCUT2D eigenvalue weighted by molar-refractivity contribution is 5.93. The highest BCUT2D eigenvalue weighted by Gasteiger charge is 2.25. The average molecular weight is 478 g/mol. The molecule has 7 heteroatoms. The lowest BCUT2D eigenvalue weighted by molar-refractivity contribution is 0.0929. The fourth-order valence-electron chi connectivity index (χ4n) is 4.50. The molecular formula is C28H35N3O4. The zero-order chi connectivity index (χ0) is 25.0. The fourth-order valence-corrected chi connectivity index (χ4v) is 4.50. The molecule has 1 aliphatic heterocycles. The van der Waals surface area contributed by atoms with Crippen LogP contribution in [0, 0.1) is 0 Å². The highest BCUT2D eigenvalue weighted by atomic mass is 16.5. The SMILES string of the molecule is COc1ccc(-c2cc(C(=O)NCC(c3ccc(C(C)(C)C)cc3)N3CCCC3)no2)cc1OC. The van der Waals surface area contributed by atoms with E-state index in [0.717, 1.165) is 18.7 Å². The van der Waals surface area contributed by atoms with Crippen molar-refractivity contribution in [2.24, 2.45) is 0 Å². The summed E-state index contributed by atoms with van der Waals surface area (Å²) in [5.41, 5.74) is 3.62. The van der Waals surface area contributed by atoms with Crippen molar-refractivity contribution in [1.29, 1.82) is 0 Å². The first-order chi connectivity index (χ1) is 16.8. The third-order valence-electron chi connectivity index (χ3n) is 6.61. The Morgan fingerprint density at radius 2 is 1.71 bits per heavy atom. The maximum absolute atomic E-state index is 13.0. The number of amides is 1. The van der Waals surface area contributed by atoms with Crippen molar-refractivity contribution >= 4 is 5.91 Å². The molecule has 0 saturated carbocycles. The van der Waals surface area contributed by atoms with Crippen LogP contribution in [0.4, 0.5) is 0 Å². The maximum atomic E-state index is 13.0. The number of hydrogen-bond acceptors (Lipinski definition) is 6. The highest BCUT2D eigenvalue weighted by Crippen LogP contribution is 2.33. The van der Waals surface area contributed by atoms with Gasteiger partial charge in [0.15, 0.2) is 23.0 Å². The molecule has 0 radical (unpaired) electrons. The number of hydrogen-bond donors (Lipinski definition) is 1. The molecule has 3 aromatic rings. The van der Waals surface area contributed by atoms with Gasteiger partial charge in [-0.1, -0.05) is 50.2 Å². The van der Waals surface area contributed by atoms with Crippen molar-refractivity contribution in [3.8, 4) is 22.8 Å². The number of likely N-dealkylation sites (tertiary alicyclic amines) is 1. The first kappa shape index (κ1) is 24.8. The maximum Gasteiger partial charge on any atom is 0.273 e. The van der Waals surface area contributed by atoms with Crippen molar-refractivity contribution < 1.29 is 18.8 Å². The Hall–Kier alpha value is -3.32. The first-order valence-corrected chi connectivity index (χ1v) is 12.1. The molecule has 1 aromatic heterocycles. The molecule has 1 aliphatic rings. The van der Waals surface area contributed by atoms with E-state index in [-0.39, 0.29) is 23.1 Å². The van der Waals surface area contributed by atoms with Crippen LogP contribution < -0.4 is 14.8 Å². The normalized spacial score (nSPS) is 15.1. The van der Waals surface area contributed by atoms with Crippen molar-refractivity contribution in [1.82, 2.24) is 15.4 Å². The Labute approximate surface area is 207 Å². The summed E-state index contributed by atoms with van der Waals surface area (Å²) in [6.45, 7) is 9.23. The second-order valence-corrected chi connectivity index (χ2v) is 9.99. The number of carbonyl (C=O) groups excluding carboxylic acids is 1. The lowest BCUT2D eigenvalue weighted by atomic mass is 9.86. The summed E-state index contributed by atoms with van der Waals surface area (Å²) >= 11 is 0. The summed E-state index contributed by atoms with van der Waals surface area (Å²) in [5, 5.41) is 7.08. The Morgan fingerprint density at radius 1 is 1.03 bits per heavy atom. The van der Waals surface area contributed by atoms with Crippen LogP contribution in [0.5, 0.6) is 11.5 Å². The summed E-state index contributed by atoms with van der Waals surface area (Å²) in [6, 6.07) is 16.0. The molecule has 0 aliphatic carbocycles. The van der Waals surface area contributed by atoms with E-state index in [4.69, 9.17) is 14.0 Å². The standard InChI is InChI=1S/C28H35N3O4/c1-28(2,3)21-11-8-19(9-12-21)23(31-14-6-7-15-31)18-29-27(32)22-17-25(35-30-22)20-10-13-24(33-4)26(16-20)34-5/h8-13,16-17,23H,6-7,14-15,18H2,1-5H3,(H,29,32). The zero-order valence-electron chi connectivity index (χ0n) is 21.3. The minimum atomic E-state index is -0.254. The van der Waals surface area contributed by atoms with Gasteiger partial charge in [0.2, 0.25) is 0 Å². The lowest BCUT2D eigenvalue weighted by Crippen LogP contribution is -2.37. The van der Waals surface area contributed by atoms with Crippen LogP contribution in [0.2, 0.25) is 0 Å². The number of rotatable bonds is 8. The topological polar surface area (TPSA) is 76.8 Å². The molecule has 186 valence electrons. The molecule has 1 unspecified atom stereocenters. The van der Waals surface area contributed by atoms with Crippen molar-refractivity contribution in [3.63, 3.8) is 0 Å². The van der Waals surface area contributed by atoms with E-state index in [2.05, 4.69) is 60.4 Å². The number of nitrogens with zero attached hydrogens (tertiary/aromatic N) is 2. The van der Waals surface area contributed by atoms with Gasteiger partial charge in [-0.2, -0.15) is 0 Å². The van der Waals surface area contributed by atoms with Gasteiger partial charge in [-0.15, -0.1) is 0 Å². The van der Waals surface area contributed by atoms with Crippen molar-refractivity contribution in [3.05, 3.63) is 65.4 Å². The summed E-state index contributed by atoms with van der Waals surface area (Å²) in [5.74, 6) is 1.44. The van der Waals surface area contributed by atoms with Gasteiger partial charge < -0.3 is 19.3 Å². The number of carbonyl (C=O) groups is 1. The summed E-state index contributed by atoms with van der Waals surface area (Å²) < 4.78 is 16.1. The predicted molar refractivity (Wildman–Crippen MR) is 136 cm³/mol. The van der Waals surface area contributed by atoms with Crippen LogP contribution in [0.25, 0.3) is 11.3 Å². The monoisotopic (exact) mass is 477 g/mol. The van der Waals surface area contributed by atoms with Crippen molar-refractivity contribution in [2.45, 2.75) is 45.1 Å². The van der Waals surface area contributed by atoms with Gasteiger partial charge in [0.1, 0.15) is 0 Å². The van der Waals surface area contributed by atoms with Crippen LogP contribution >= 0.6 is 0 Å². The predicted octanol–water partition coefficient (Wildman–Crippen LogP) is 5.22. The third-order valence-corrected chi connectivity index (χ3v) is 6.61. The first-order valence-electron chi connectivity index (χ1n) is 12.1. The van der Waals surface area contributed by atoms with Gasteiger partial charge in [0.05, 0.1) is 20.3 Å². The minimum Gasteiger partial charge on any atom is -0.493 e. The Balaban J connectivity index is 1.47. The summed E-state index contributed by atoms with van der Waals surface area (Å²) in [7, 11) is 3.16. The van der Waals surface area contributed by atoms with E-state index in [1.54, 1.807) is 32.4 Å². The molecule has 2 heterocycles. The molecule has 1 atom stereocenters. The molecule has 7 nitrogen and oxygen atoms in total. The molecule has 1 saturated heterocycles. The van der Waals surface area contributed by atoms with Crippen molar-refractivity contribution in [2.75, 3.05) is 33.9 Å². The van der Waals surface area contributed by atoms with E-state index in [1.165, 1.54) is 24.0 Å². The van der Waals surface area contributed by atoms with Crippen LogP contribution in [-0.4, -0.2) is 49.8 Å². The van der Waals surface area contributed by atoms with E-state index in [1.807, 2.05) is 6.07 Å². The van der Waals surface area contributed by atoms with Crippen LogP contribution in [0.1, 0.15) is 61.3 Å². The number of ether oxygens (including phenoxy) is 2. The average Bonchev–Trinajstić information content (AvgIpc) is 3.56. The van der Waals surface area contributed by atoms with E-state index >= 15 is 0 Å². The number of methoxy groups -OCH3 is 2. The molecule has 1 amide bonds. The van der Waals surface area contributed by atoms with Crippen LogP contribution in [-0.2, 0) is 5.41 Å². The number of benzene rings is 2. The van der Waals surface area contributed by atoms with Gasteiger partial charge in [-0.25, -0.2) is 0 Å². The number of aromatic nitrogens is 1. The summed E-state index contributed by atoms with van der Waals surface area (Å²) in [4.78, 5) is 15.4. The second kappa shape index (κ2) is 10.5. The Morgan fingerprint density at radius 3 is 2.34 bits per heavy atom. The largest absolute Gasteiger partial charge is 0.493 e. The quantitative estimate of drug-likeness (QED) is 0.479. The Bertz CT molecular complexity index is 1140. The lowest BCUT2D eigenvalue weighted by Gasteiger charge is -2.29. The molecular weight excluding hydrogens is 442 g/mol. The molecule has 1 N–H and O–H groups in total. The molecule has 2 aromatic carbocycles. The summed E-state index contributed by atoms with van der Waals surface area (Å²) in [6.07, 6.45) is 2.37. The van der Waals surface area contributed by atoms with Gasteiger partial charge in [-0.05, 0) is 60.7 Å². The smallest absolute Gasteiger partial charge is 0.273 e. The molecule has 1 fully saturated rings. The van der Waals surface area contributed by atoms with Gasteiger partial charge >= 0.3 is 0 Å². The zero-order valence-corrected chi connectivity index (χ0v) is 21.3. The van der Waals surface area contributed by atoms with E-state index in [0.29, 0.717) is 23.8 Å². The Kier molecular flexibility index (Phi) is 7.45. The van der Waals surface area contributed by atoms with Crippen LogP contribution in [0.3, 0.4) is 0 Å². The van der Waals surface area contributed by atoms with E-state index in [9.17, 15) is 4.79 Å². The fraction of sp³-hybridized carbons (Fsp3) is 0.429. The van der Waals surface area contributed by atoms with Crippen LogP contribution in [0.15, 0.2) is 53.1 Å². The van der Waals surface area contributed by atoms with Gasteiger partial charge in [0.25, 0.3) is 5.91 Å². The number of nitrogens with one attached hydrogen (secondary N) is 1. The van der Waals surface area contributed by atoms with Gasteiger partial charge in [0, 0.05) is 18.2 Å². The minimum absolute atomic E-state index is 0.106. The third kappa shape index (κ3) is 5.68. The molecule has 4 rings (SSSR count). The van der Waals surface area contributed by atoms with E-state index < -0.39 is 0 Å². The molecule has 0 spiro atoms. The van der Waals surface area contributed by atoms with Gasteiger partial charge in [-0.3, -0.25) is 9.69 Å².